The Labute approximate surface area is 135 Å². The number of urea groups is 1. The van der Waals surface area contributed by atoms with Crippen LogP contribution >= 0.6 is 0 Å². The van der Waals surface area contributed by atoms with Gasteiger partial charge in [-0.05, 0) is 48.2 Å². The molecule has 0 aliphatic heterocycles. The van der Waals surface area contributed by atoms with E-state index >= 15 is 0 Å². The quantitative estimate of drug-likeness (QED) is 0.825. The van der Waals surface area contributed by atoms with E-state index in [1.807, 2.05) is 30.3 Å². The predicted octanol–water partition coefficient (Wildman–Crippen LogP) is 2.92. The minimum Gasteiger partial charge on any atom is -0.497 e. The summed E-state index contributed by atoms with van der Waals surface area (Å²) in [6.45, 7) is 1.02. The lowest BCUT2D eigenvalue weighted by atomic mass is 10.1. The highest BCUT2D eigenvalue weighted by Crippen LogP contribution is 2.11. The van der Waals surface area contributed by atoms with Gasteiger partial charge in [0.15, 0.2) is 0 Å². The molecule has 2 aromatic carbocycles. The average molecular weight is 316 g/mol. The first kappa shape index (κ1) is 16.8. The third-order valence-corrected chi connectivity index (χ3v) is 3.45. The highest BCUT2D eigenvalue weighted by Gasteiger charge is 2.01. The average Bonchev–Trinajstić information content (AvgIpc) is 2.55. The summed E-state index contributed by atoms with van der Waals surface area (Å²) in [4.78, 5) is 11.7. The lowest BCUT2D eigenvalue weighted by Crippen LogP contribution is -2.37. The van der Waals surface area contributed by atoms with E-state index in [2.05, 4.69) is 10.6 Å². The van der Waals surface area contributed by atoms with Crippen LogP contribution in [0.1, 0.15) is 11.1 Å². The highest BCUT2D eigenvalue weighted by atomic mass is 19.1. The molecule has 0 heterocycles. The van der Waals surface area contributed by atoms with Gasteiger partial charge in [-0.3, -0.25) is 0 Å². The van der Waals surface area contributed by atoms with Gasteiger partial charge in [-0.2, -0.15) is 0 Å². The summed E-state index contributed by atoms with van der Waals surface area (Å²) in [5.74, 6) is 0.559. The Morgan fingerprint density at radius 1 is 1.00 bits per heavy atom. The number of ether oxygens (including phenoxy) is 1. The van der Waals surface area contributed by atoms with Crippen LogP contribution in [0.5, 0.6) is 5.75 Å². The number of halogens is 1. The first-order valence-corrected chi connectivity index (χ1v) is 7.56. The van der Waals surface area contributed by atoms with E-state index in [4.69, 9.17) is 4.74 Å². The second-order valence-electron chi connectivity index (χ2n) is 5.16. The van der Waals surface area contributed by atoms with Gasteiger partial charge in [0.25, 0.3) is 0 Å². The van der Waals surface area contributed by atoms with Crippen LogP contribution in [0.3, 0.4) is 0 Å². The molecule has 0 saturated heterocycles. The van der Waals surface area contributed by atoms with E-state index in [1.54, 1.807) is 13.2 Å². The van der Waals surface area contributed by atoms with Gasteiger partial charge < -0.3 is 15.4 Å². The fraction of sp³-hybridized carbons (Fsp3) is 0.278. The van der Waals surface area contributed by atoms with Crippen molar-refractivity contribution < 1.29 is 13.9 Å². The summed E-state index contributed by atoms with van der Waals surface area (Å²) in [6, 6.07) is 13.9. The first-order chi connectivity index (χ1) is 11.2. The Bertz CT molecular complexity index is 629. The third-order valence-electron chi connectivity index (χ3n) is 3.45. The predicted molar refractivity (Wildman–Crippen MR) is 88.2 cm³/mol. The minimum absolute atomic E-state index is 0.213. The molecule has 2 amide bonds. The maximum absolute atomic E-state index is 13.0. The number of amides is 2. The van der Waals surface area contributed by atoms with E-state index in [1.165, 1.54) is 12.1 Å². The number of rotatable bonds is 7. The van der Waals surface area contributed by atoms with Crippen LogP contribution in [0, 0.1) is 5.82 Å². The molecule has 0 aliphatic rings. The Morgan fingerprint density at radius 2 is 1.65 bits per heavy atom. The Hall–Kier alpha value is -2.56. The van der Waals surface area contributed by atoms with Crippen LogP contribution in [-0.4, -0.2) is 26.2 Å². The largest absolute Gasteiger partial charge is 0.497 e. The molecule has 0 aromatic heterocycles. The molecule has 122 valence electrons. The van der Waals surface area contributed by atoms with Gasteiger partial charge in [0.1, 0.15) is 11.6 Å². The highest BCUT2D eigenvalue weighted by molar-refractivity contribution is 5.73. The Balaban J connectivity index is 1.63. The molecular weight excluding hydrogens is 295 g/mol. The lowest BCUT2D eigenvalue weighted by Gasteiger charge is -2.08. The zero-order valence-corrected chi connectivity index (χ0v) is 13.1. The van der Waals surface area contributed by atoms with Crippen molar-refractivity contribution in [2.45, 2.75) is 12.8 Å². The molecule has 2 aromatic rings. The van der Waals surface area contributed by atoms with Crippen molar-refractivity contribution in [2.75, 3.05) is 20.2 Å². The fourth-order valence-electron chi connectivity index (χ4n) is 2.19. The van der Waals surface area contributed by atoms with Crippen molar-refractivity contribution in [1.82, 2.24) is 10.6 Å². The van der Waals surface area contributed by atoms with Gasteiger partial charge in [0, 0.05) is 13.1 Å². The monoisotopic (exact) mass is 316 g/mol. The molecule has 0 unspecified atom stereocenters. The number of hydrogen-bond acceptors (Lipinski definition) is 2. The van der Waals surface area contributed by atoms with E-state index in [9.17, 15) is 9.18 Å². The zero-order chi connectivity index (χ0) is 16.5. The number of methoxy groups -OCH3 is 1. The molecule has 0 fully saturated rings. The van der Waals surface area contributed by atoms with Gasteiger partial charge in [-0.15, -0.1) is 0 Å². The number of carbonyl (C=O) groups excluding carboxylic acids is 1. The van der Waals surface area contributed by atoms with Crippen LogP contribution in [-0.2, 0) is 12.8 Å². The number of nitrogens with one attached hydrogen (secondary N) is 2. The van der Waals surface area contributed by atoms with E-state index in [0.717, 1.165) is 23.3 Å². The lowest BCUT2D eigenvalue weighted by molar-refractivity contribution is 0.241. The topological polar surface area (TPSA) is 50.4 Å². The molecular formula is C18H21FN2O2. The van der Waals surface area contributed by atoms with Crippen molar-refractivity contribution in [3.05, 3.63) is 65.5 Å². The Kier molecular flexibility index (Phi) is 6.41. The van der Waals surface area contributed by atoms with Crippen molar-refractivity contribution >= 4 is 6.03 Å². The molecule has 2 N–H and O–H groups in total. The molecule has 23 heavy (non-hydrogen) atoms. The molecule has 5 heteroatoms. The molecule has 0 bridgehead atoms. The summed E-state index contributed by atoms with van der Waals surface area (Å²) < 4.78 is 18.1. The summed E-state index contributed by atoms with van der Waals surface area (Å²) in [6.07, 6.45) is 1.35. The van der Waals surface area contributed by atoms with Crippen molar-refractivity contribution in [1.29, 1.82) is 0 Å². The molecule has 2 rings (SSSR count). The fourth-order valence-corrected chi connectivity index (χ4v) is 2.19. The van der Waals surface area contributed by atoms with Gasteiger partial charge in [0.05, 0.1) is 7.11 Å². The van der Waals surface area contributed by atoms with E-state index in [0.29, 0.717) is 19.5 Å². The van der Waals surface area contributed by atoms with Crippen LogP contribution in [0.15, 0.2) is 48.5 Å². The zero-order valence-electron chi connectivity index (χ0n) is 13.1. The standard InChI is InChI=1S/C18H21FN2O2/c1-23-17-7-5-14(6-8-17)9-11-20-18(22)21-12-10-15-3-2-4-16(19)13-15/h2-8,13H,9-12H2,1H3,(H2,20,21,22). The van der Waals surface area contributed by atoms with Crippen LogP contribution < -0.4 is 15.4 Å². The smallest absolute Gasteiger partial charge is 0.314 e. The van der Waals surface area contributed by atoms with Crippen LogP contribution in [0.25, 0.3) is 0 Å². The molecule has 0 spiro atoms. The number of benzene rings is 2. The van der Waals surface area contributed by atoms with Crippen molar-refractivity contribution in [3.63, 3.8) is 0 Å². The number of hydrogen-bond donors (Lipinski definition) is 2. The summed E-state index contributed by atoms with van der Waals surface area (Å²) in [5, 5.41) is 5.56. The van der Waals surface area contributed by atoms with Gasteiger partial charge in [0.2, 0.25) is 0 Å². The van der Waals surface area contributed by atoms with Crippen molar-refractivity contribution in [2.24, 2.45) is 0 Å². The SMILES string of the molecule is COc1ccc(CCNC(=O)NCCc2cccc(F)c2)cc1. The minimum atomic E-state index is -0.258. The molecule has 0 radical (unpaired) electrons. The first-order valence-electron chi connectivity index (χ1n) is 7.56. The maximum atomic E-state index is 13.0. The van der Waals surface area contributed by atoms with Crippen LogP contribution in [0.2, 0.25) is 0 Å². The molecule has 0 atom stereocenters. The second-order valence-corrected chi connectivity index (χ2v) is 5.16. The molecule has 4 nitrogen and oxygen atoms in total. The van der Waals surface area contributed by atoms with Gasteiger partial charge in [-0.25, -0.2) is 9.18 Å². The van der Waals surface area contributed by atoms with Gasteiger partial charge in [-0.1, -0.05) is 24.3 Å². The summed E-state index contributed by atoms with van der Waals surface area (Å²) >= 11 is 0. The summed E-state index contributed by atoms with van der Waals surface area (Å²) in [5.41, 5.74) is 1.99. The van der Waals surface area contributed by atoms with Crippen molar-refractivity contribution in [3.8, 4) is 5.75 Å². The van der Waals surface area contributed by atoms with E-state index < -0.39 is 0 Å². The second kappa shape index (κ2) is 8.78. The maximum Gasteiger partial charge on any atom is 0.314 e. The normalized spacial score (nSPS) is 10.2. The third kappa shape index (κ3) is 5.98. The summed E-state index contributed by atoms with van der Waals surface area (Å²) in [7, 11) is 1.63. The van der Waals surface area contributed by atoms with E-state index in [-0.39, 0.29) is 11.8 Å². The Morgan fingerprint density at radius 3 is 2.26 bits per heavy atom. The van der Waals surface area contributed by atoms with Crippen LogP contribution in [0.4, 0.5) is 9.18 Å². The molecule has 0 saturated carbocycles. The van der Waals surface area contributed by atoms with Gasteiger partial charge >= 0.3 is 6.03 Å². The number of carbonyl (C=O) groups is 1. The molecule has 0 aliphatic carbocycles.